The summed E-state index contributed by atoms with van der Waals surface area (Å²) < 4.78 is 0. The van der Waals surface area contributed by atoms with Crippen molar-refractivity contribution < 1.29 is 5.11 Å². The van der Waals surface area contributed by atoms with E-state index in [2.05, 4.69) is 44.3 Å². The van der Waals surface area contributed by atoms with Gasteiger partial charge in [-0.15, -0.1) is 0 Å². The monoisotopic (exact) mass is 255 g/mol. The first-order valence-electron chi connectivity index (χ1n) is 6.63. The van der Waals surface area contributed by atoms with Crippen molar-refractivity contribution in [2.24, 2.45) is 0 Å². The molecule has 0 spiro atoms. The summed E-state index contributed by atoms with van der Waals surface area (Å²) in [6.07, 6.45) is 0. The number of aliphatic hydroxyl groups excluding tert-OH is 1. The molecule has 0 radical (unpaired) electrons. The highest BCUT2D eigenvalue weighted by Gasteiger charge is 2.06. The lowest BCUT2D eigenvalue weighted by molar-refractivity contribution is 0.282. The first-order chi connectivity index (χ1) is 9.10. The van der Waals surface area contributed by atoms with E-state index in [-0.39, 0.29) is 12.6 Å². The molecule has 0 aliphatic rings. The minimum absolute atomic E-state index is 0.0903. The van der Waals surface area contributed by atoms with Crippen LogP contribution in [0.5, 0.6) is 0 Å². The van der Waals surface area contributed by atoms with E-state index in [0.29, 0.717) is 0 Å². The lowest BCUT2D eigenvalue weighted by Crippen LogP contribution is -2.07. The van der Waals surface area contributed by atoms with Gasteiger partial charge in [-0.25, -0.2) is 0 Å². The fraction of sp³-hybridized carbons (Fsp3) is 0.294. The van der Waals surface area contributed by atoms with Gasteiger partial charge in [-0.1, -0.05) is 30.3 Å². The van der Waals surface area contributed by atoms with E-state index in [4.69, 9.17) is 5.11 Å². The Bertz CT molecular complexity index is 546. The lowest BCUT2D eigenvalue weighted by Gasteiger charge is -2.17. The molecule has 19 heavy (non-hydrogen) atoms. The second kappa shape index (κ2) is 5.89. The SMILES string of the molecule is Cc1ccc(C(C)Nc2ccc(CO)cc2)cc1C. The van der Waals surface area contributed by atoms with Crippen molar-refractivity contribution in [3.8, 4) is 0 Å². The Kier molecular flexibility index (Phi) is 4.23. The van der Waals surface area contributed by atoms with Gasteiger partial charge < -0.3 is 10.4 Å². The van der Waals surface area contributed by atoms with Crippen LogP contribution >= 0.6 is 0 Å². The number of nitrogens with one attached hydrogen (secondary N) is 1. The molecule has 2 nitrogen and oxygen atoms in total. The predicted molar refractivity (Wildman–Crippen MR) is 80.3 cm³/mol. The topological polar surface area (TPSA) is 32.3 Å². The average Bonchev–Trinajstić information content (AvgIpc) is 2.42. The van der Waals surface area contributed by atoms with Crippen molar-refractivity contribution in [2.45, 2.75) is 33.4 Å². The normalized spacial score (nSPS) is 12.2. The maximum Gasteiger partial charge on any atom is 0.0681 e. The van der Waals surface area contributed by atoms with E-state index in [1.54, 1.807) is 0 Å². The van der Waals surface area contributed by atoms with Gasteiger partial charge in [0.15, 0.2) is 0 Å². The molecular weight excluding hydrogens is 234 g/mol. The summed E-state index contributed by atoms with van der Waals surface area (Å²) in [4.78, 5) is 0. The minimum atomic E-state index is 0.0903. The van der Waals surface area contributed by atoms with Crippen molar-refractivity contribution in [2.75, 3.05) is 5.32 Å². The fourth-order valence-corrected chi connectivity index (χ4v) is 2.07. The smallest absolute Gasteiger partial charge is 0.0681 e. The van der Waals surface area contributed by atoms with E-state index in [1.165, 1.54) is 16.7 Å². The van der Waals surface area contributed by atoms with Gasteiger partial charge in [0, 0.05) is 11.7 Å². The van der Waals surface area contributed by atoms with Gasteiger partial charge in [-0.3, -0.25) is 0 Å². The van der Waals surface area contributed by atoms with Crippen LogP contribution in [0.2, 0.25) is 0 Å². The van der Waals surface area contributed by atoms with Crippen LogP contribution in [0.4, 0.5) is 5.69 Å². The van der Waals surface area contributed by atoms with Gasteiger partial charge in [0.1, 0.15) is 0 Å². The molecule has 2 rings (SSSR count). The first-order valence-corrected chi connectivity index (χ1v) is 6.63. The van der Waals surface area contributed by atoms with Gasteiger partial charge in [0.05, 0.1) is 6.61 Å². The van der Waals surface area contributed by atoms with Gasteiger partial charge in [0.2, 0.25) is 0 Å². The first kappa shape index (κ1) is 13.6. The zero-order chi connectivity index (χ0) is 13.8. The Balaban J connectivity index is 2.10. The van der Waals surface area contributed by atoms with Crippen molar-refractivity contribution >= 4 is 5.69 Å². The number of benzene rings is 2. The summed E-state index contributed by atoms with van der Waals surface area (Å²) >= 11 is 0. The molecule has 1 atom stereocenters. The van der Waals surface area contributed by atoms with Gasteiger partial charge in [-0.05, 0) is 55.2 Å². The molecule has 0 fully saturated rings. The Morgan fingerprint density at radius 2 is 1.68 bits per heavy atom. The van der Waals surface area contributed by atoms with Crippen LogP contribution in [0.15, 0.2) is 42.5 Å². The molecule has 2 N–H and O–H groups in total. The van der Waals surface area contributed by atoms with Crippen LogP contribution in [-0.2, 0) is 6.61 Å². The number of hydrogen-bond acceptors (Lipinski definition) is 2. The Labute approximate surface area is 115 Å². The molecule has 2 heteroatoms. The molecule has 0 saturated carbocycles. The van der Waals surface area contributed by atoms with Gasteiger partial charge in [0.25, 0.3) is 0 Å². The standard InChI is InChI=1S/C17H21NO/c1-12-4-7-16(10-13(12)2)14(3)18-17-8-5-15(11-19)6-9-17/h4-10,14,18-19H,11H2,1-3H3. The van der Waals surface area contributed by atoms with Crippen LogP contribution in [-0.4, -0.2) is 5.11 Å². The maximum absolute atomic E-state index is 9.02. The molecule has 0 amide bonds. The summed E-state index contributed by atoms with van der Waals surface area (Å²) in [7, 11) is 0. The fourth-order valence-electron chi connectivity index (χ4n) is 2.07. The Morgan fingerprint density at radius 1 is 1.00 bits per heavy atom. The summed E-state index contributed by atoms with van der Waals surface area (Å²) in [5.74, 6) is 0. The zero-order valence-electron chi connectivity index (χ0n) is 11.8. The third-order valence-electron chi connectivity index (χ3n) is 3.55. The molecule has 1 unspecified atom stereocenters. The third kappa shape index (κ3) is 3.36. The Morgan fingerprint density at radius 3 is 2.26 bits per heavy atom. The van der Waals surface area contributed by atoms with E-state index >= 15 is 0 Å². The summed E-state index contributed by atoms with van der Waals surface area (Å²) in [5, 5.41) is 12.5. The number of anilines is 1. The van der Waals surface area contributed by atoms with Crippen LogP contribution in [0.1, 0.15) is 35.2 Å². The van der Waals surface area contributed by atoms with E-state index in [1.807, 2.05) is 24.3 Å². The van der Waals surface area contributed by atoms with Gasteiger partial charge >= 0.3 is 0 Å². The molecule has 0 saturated heterocycles. The highest BCUT2D eigenvalue weighted by Crippen LogP contribution is 2.21. The average molecular weight is 255 g/mol. The van der Waals surface area contributed by atoms with Crippen molar-refractivity contribution in [3.63, 3.8) is 0 Å². The molecular formula is C17H21NO. The van der Waals surface area contributed by atoms with Crippen molar-refractivity contribution in [3.05, 3.63) is 64.7 Å². The molecule has 0 aliphatic carbocycles. The second-order valence-corrected chi connectivity index (χ2v) is 5.06. The van der Waals surface area contributed by atoms with Crippen LogP contribution in [0, 0.1) is 13.8 Å². The highest BCUT2D eigenvalue weighted by atomic mass is 16.3. The number of aryl methyl sites for hydroxylation is 2. The van der Waals surface area contributed by atoms with Crippen LogP contribution < -0.4 is 5.32 Å². The van der Waals surface area contributed by atoms with E-state index in [9.17, 15) is 0 Å². The molecule has 0 aliphatic heterocycles. The molecule has 2 aromatic carbocycles. The Hall–Kier alpha value is -1.80. The molecule has 0 aromatic heterocycles. The quantitative estimate of drug-likeness (QED) is 0.866. The number of aliphatic hydroxyl groups is 1. The van der Waals surface area contributed by atoms with Crippen molar-refractivity contribution in [1.29, 1.82) is 0 Å². The maximum atomic E-state index is 9.02. The molecule has 2 aromatic rings. The summed E-state index contributed by atoms with van der Waals surface area (Å²) in [5.41, 5.74) is 5.94. The largest absolute Gasteiger partial charge is 0.392 e. The summed E-state index contributed by atoms with van der Waals surface area (Å²) in [6, 6.07) is 14.7. The molecule has 100 valence electrons. The van der Waals surface area contributed by atoms with E-state index < -0.39 is 0 Å². The summed E-state index contributed by atoms with van der Waals surface area (Å²) in [6.45, 7) is 6.52. The number of rotatable bonds is 4. The third-order valence-corrected chi connectivity index (χ3v) is 3.55. The number of hydrogen-bond donors (Lipinski definition) is 2. The van der Waals surface area contributed by atoms with Crippen LogP contribution in [0.25, 0.3) is 0 Å². The predicted octanol–water partition coefficient (Wildman–Crippen LogP) is 3.97. The van der Waals surface area contributed by atoms with E-state index in [0.717, 1.165) is 11.3 Å². The molecule has 0 heterocycles. The van der Waals surface area contributed by atoms with Crippen LogP contribution in [0.3, 0.4) is 0 Å². The lowest BCUT2D eigenvalue weighted by atomic mass is 10.0. The minimum Gasteiger partial charge on any atom is -0.392 e. The molecule has 0 bridgehead atoms. The highest BCUT2D eigenvalue weighted by molar-refractivity contribution is 5.47. The van der Waals surface area contributed by atoms with Gasteiger partial charge in [-0.2, -0.15) is 0 Å². The van der Waals surface area contributed by atoms with Crippen molar-refractivity contribution in [1.82, 2.24) is 0 Å². The second-order valence-electron chi connectivity index (χ2n) is 5.06. The zero-order valence-corrected chi connectivity index (χ0v) is 11.8.